The number of carbonyl (C=O) groups excluding carboxylic acids is 2. The van der Waals surface area contributed by atoms with Gasteiger partial charge in [0.2, 0.25) is 5.78 Å². The number of rotatable bonds is 7. The van der Waals surface area contributed by atoms with Crippen LogP contribution in [0.4, 0.5) is 0 Å². The number of hydrogen-bond donors (Lipinski definition) is 1. The molecule has 0 bridgehead atoms. The Balaban J connectivity index is 1.73. The van der Waals surface area contributed by atoms with Crippen LogP contribution in [0.3, 0.4) is 0 Å². The zero-order chi connectivity index (χ0) is 19.2. The standard InChI is InChI=1S/C23H24O4/c1-2-18(17-13-7-4-8-14-17)20-22(25)21(24)19(27-23(20)26)15-9-12-16-10-5-3-6-11-16/h3-8,10-11,13-14,18-19,25H,2,9,12,15H2,1H3. The van der Waals surface area contributed by atoms with Crippen LogP contribution in [0.2, 0.25) is 0 Å². The zero-order valence-electron chi connectivity index (χ0n) is 15.4. The molecule has 1 heterocycles. The molecule has 0 aromatic heterocycles. The summed E-state index contributed by atoms with van der Waals surface area (Å²) >= 11 is 0. The summed E-state index contributed by atoms with van der Waals surface area (Å²) in [6.07, 6.45) is 1.58. The van der Waals surface area contributed by atoms with Crippen molar-refractivity contribution in [1.29, 1.82) is 0 Å². The predicted molar refractivity (Wildman–Crippen MR) is 103 cm³/mol. The van der Waals surface area contributed by atoms with Gasteiger partial charge < -0.3 is 9.84 Å². The second kappa shape index (κ2) is 8.67. The molecule has 4 heteroatoms. The molecule has 2 aromatic rings. The number of aryl methyl sites for hydroxylation is 1. The number of aliphatic hydroxyl groups excluding tert-OH is 1. The molecule has 3 rings (SSSR count). The molecule has 0 saturated carbocycles. The van der Waals surface area contributed by atoms with Gasteiger partial charge in [0, 0.05) is 5.92 Å². The van der Waals surface area contributed by atoms with Crippen molar-refractivity contribution in [3.63, 3.8) is 0 Å². The number of aliphatic hydroxyl groups is 1. The SMILES string of the molecule is CCC(C1=C(O)C(=O)C(CCCc2ccccc2)OC1=O)c1ccccc1. The first-order valence-electron chi connectivity index (χ1n) is 9.39. The third kappa shape index (κ3) is 4.27. The molecule has 2 atom stereocenters. The Morgan fingerprint density at radius 1 is 1.00 bits per heavy atom. The van der Waals surface area contributed by atoms with Crippen LogP contribution in [0.1, 0.15) is 43.2 Å². The summed E-state index contributed by atoms with van der Waals surface area (Å²) in [6, 6.07) is 19.3. The Labute approximate surface area is 159 Å². The lowest BCUT2D eigenvalue weighted by molar-refractivity contribution is -0.155. The first-order chi connectivity index (χ1) is 13.1. The minimum Gasteiger partial charge on any atom is -0.504 e. The molecule has 4 nitrogen and oxygen atoms in total. The number of Topliss-reactive ketones (excluding diaryl/α,β-unsaturated/α-hetero) is 1. The van der Waals surface area contributed by atoms with Crippen LogP contribution >= 0.6 is 0 Å². The minimum absolute atomic E-state index is 0.0769. The molecule has 140 valence electrons. The molecule has 0 spiro atoms. The van der Waals surface area contributed by atoms with Crippen LogP contribution in [-0.2, 0) is 20.7 Å². The zero-order valence-corrected chi connectivity index (χ0v) is 15.4. The summed E-state index contributed by atoms with van der Waals surface area (Å²) in [7, 11) is 0. The van der Waals surface area contributed by atoms with Gasteiger partial charge in [0.1, 0.15) is 0 Å². The van der Waals surface area contributed by atoms with E-state index >= 15 is 0 Å². The third-order valence-electron chi connectivity index (χ3n) is 4.98. The maximum absolute atomic E-state index is 12.6. The van der Waals surface area contributed by atoms with Crippen molar-refractivity contribution in [1.82, 2.24) is 0 Å². The highest BCUT2D eigenvalue weighted by atomic mass is 16.6. The molecule has 2 aromatic carbocycles. The van der Waals surface area contributed by atoms with Gasteiger partial charge in [0.05, 0.1) is 5.57 Å². The smallest absolute Gasteiger partial charge is 0.339 e. The van der Waals surface area contributed by atoms with E-state index in [2.05, 4.69) is 0 Å². The van der Waals surface area contributed by atoms with Crippen LogP contribution in [-0.4, -0.2) is 23.0 Å². The summed E-state index contributed by atoms with van der Waals surface area (Å²) in [5.74, 6) is -1.88. The van der Waals surface area contributed by atoms with Gasteiger partial charge >= 0.3 is 5.97 Å². The van der Waals surface area contributed by atoms with E-state index in [4.69, 9.17) is 4.74 Å². The van der Waals surface area contributed by atoms with E-state index in [0.29, 0.717) is 19.3 Å². The topological polar surface area (TPSA) is 63.6 Å². The van der Waals surface area contributed by atoms with E-state index in [0.717, 1.165) is 12.0 Å². The lowest BCUT2D eigenvalue weighted by Crippen LogP contribution is -2.37. The van der Waals surface area contributed by atoms with E-state index in [9.17, 15) is 14.7 Å². The number of ether oxygens (including phenoxy) is 1. The quantitative estimate of drug-likeness (QED) is 0.734. The van der Waals surface area contributed by atoms with Crippen molar-refractivity contribution in [2.24, 2.45) is 0 Å². The van der Waals surface area contributed by atoms with Crippen molar-refractivity contribution in [3.05, 3.63) is 83.1 Å². The van der Waals surface area contributed by atoms with E-state index in [1.165, 1.54) is 5.56 Å². The molecule has 0 aliphatic carbocycles. The average molecular weight is 364 g/mol. The summed E-state index contributed by atoms with van der Waals surface area (Å²) < 4.78 is 5.42. The average Bonchev–Trinajstić information content (AvgIpc) is 2.70. The van der Waals surface area contributed by atoms with E-state index < -0.39 is 23.6 Å². The molecule has 0 amide bonds. The summed E-state index contributed by atoms with van der Waals surface area (Å²) in [5.41, 5.74) is 2.13. The second-order valence-corrected chi connectivity index (χ2v) is 6.77. The number of ketones is 1. The molecule has 0 fully saturated rings. The summed E-state index contributed by atoms with van der Waals surface area (Å²) in [5, 5.41) is 10.5. The van der Waals surface area contributed by atoms with Gasteiger partial charge in [-0.25, -0.2) is 4.79 Å². The van der Waals surface area contributed by atoms with Crippen molar-refractivity contribution in [2.75, 3.05) is 0 Å². The van der Waals surface area contributed by atoms with Crippen molar-refractivity contribution in [2.45, 2.75) is 44.6 Å². The van der Waals surface area contributed by atoms with Gasteiger partial charge in [0.25, 0.3) is 0 Å². The van der Waals surface area contributed by atoms with Gasteiger partial charge in [-0.2, -0.15) is 0 Å². The van der Waals surface area contributed by atoms with Gasteiger partial charge in [0.15, 0.2) is 11.9 Å². The number of esters is 1. The first kappa shape index (κ1) is 18.9. The number of hydrogen-bond acceptors (Lipinski definition) is 4. The fourth-order valence-corrected chi connectivity index (χ4v) is 3.55. The third-order valence-corrected chi connectivity index (χ3v) is 4.98. The van der Waals surface area contributed by atoms with Crippen LogP contribution in [0, 0.1) is 0 Å². The van der Waals surface area contributed by atoms with Crippen LogP contribution in [0.25, 0.3) is 0 Å². The van der Waals surface area contributed by atoms with Crippen molar-refractivity contribution in [3.8, 4) is 0 Å². The number of cyclic esters (lactones) is 1. The van der Waals surface area contributed by atoms with Gasteiger partial charge in [-0.3, -0.25) is 4.79 Å². The Morgan fingerprint density at radius 2 is 1.63 bits per heavy atom. The van der Waals surface area contributed by atoms with Crippen molar-refractivity contribution < 1.29 is 19.4 Å². The van der Waals surface area contributed by atoms with Gasteiger partial charge in [-0.05, 0) is 36.8 Å². The Hall–Kier alpha value is -2.88. The molecule has 27 heavy (non-hydrogen) atoms. The highest BCUT2D eigenvalue weighted by Gasteiger charge is 2.39. The molecule has 2 unspecified atom stereocenters. The lowest BCUT2D eigenvalue weighted by atomic mass is 9.85. The molecule has 1 aliphatic rings. The minimum atomic E-state index is -0.904. The van der Waals surface area contributed by atoms with Crippen LogP contribution in [0.15, 0.2) is 72.0 Å². The Morgan fingerprint density at radius 3 is 2.26 bits per heavy atom. The molecule has 1 N–H and O–H groups in total. The molecular weight excluding hydrogens is 340 g/mol. The number of benzene rings is 2. The predicted octanol–water partition coefficient (Wildman–Crippen LogP) is 4.51. The Bertz CT molecular complexity index is 824. The van der Waals surface area contributed by atoms with Crippen LogP contribution < -0.4 is 0 Å². The monoisotopic (exact) mass is 364 g/mol. The fraction of sp³-hybridized carbons (Fsp3) is 0.304. The van der Waals surface area contributed by atoms with E-state index in [1.54, 1.807) is 0 Å². The van der Waals surface area contributed by atoms with E-state index in [1.807, 2.05) is 67.6 Å². The highest BCUT2D eigenvalue weighted by molar-refractivity contribution is 6.09. The van der Waals surface area contributed by atoms with Gasteiger partial charge in [-0.15, -0.1) is 0 Å². The first-order valence-corrected chi connectivity index (χ1v) is 9.39. The molecular formula is C23H24O4. The normalized spacial score (nSPS) is 18.3. The lowest BCUT2D eigenvalue weighted by Gasteiger charge is -2.27. The maximum Gasteiger partial charge on any atom is 0.339 e. The van der Waals surface area contributed by atoms with Gasteiger partial charge in [-0.1, -0.05) is 67.6 Å². The van der Waals surface area contributed by atoms with Crippen molar-refractivity contribution >= 4 is 11.8 Å². The Kier molecular flexibility index (Phi) is 6.07. The van der Waals surface area contributed by atoms with Crippen LogP contribution in [0.5, 0.6) is 0 Å². The fourth-order valence-electron chi connectivity index (χ4n) is 3.55. The largest absolute Gasteiger partial charge is 0.504 e. The number of carbonyl (C=O) groups is 2. The molecule has 0 saturated heterocycles. The summed E-state index contributed by atoms with van der Waals surface area (Å²) in [4.78, 5) is 25.2. The maximum atomic E-state index is 12.6. The highest BCUT2D eigenvalue weighted by Crippen LogP contribution is 2.34. The molecule has 0 radical (unpaired) electrons. The summed E-state index contributed by atoms with van der Waals surface area (Å²) in [6.45, 7) is 1.92. The molecule has 1 aliphatic heterocycles. The second-order valence-electron chi connectivity index (χ2n) is 6.77. The van der Waals surface area contributed by atoms with E-state index in [-0.39, 0.29) is 11.5 Å².